The zero-order valence-corrected chi connectivity index (χ0v) is 12.9. The summed E-state index contributed by atoms with van der Waals surface area (Å²) in [4.78, 5) is 23.8. The number of carbonyl (C=O) groups is 2. The van der Waals surface area contributed by atoms with Crippen LogP contribution < -0.4 is 0 Å². The van der Waals surface area contributed by atoms with E-state index < -0.39 is 21.8 Å². The third-order valence-corrected chi connectivity index (χ3v) is 6.46. The molecule has 1 aliphatic heterocycles. The Morgan fingerprint density at radius 3 is 2.75 bits per heavy atom. The largest absolute Gasteiger partial charge is 0.468 e. The molecular weight excluding hydrogens is 303 g/mol. The fourth-order valence-electron chi connectivity index (χ4n) is 4.31. The van der Waals surface area contributed by atoms with Crippen molar-refractivity contribution in [2.45, 2.75) is 48.0 Å². The van der Waals surface area contributed by atoms with Gasteiger partial charge in [0.2, 0.25) is 0 Å². The molecule has 3 aliphatic rings. The molecule has 0 amide bonds. The highest BCUT2D eigenvalue weighted by Crippen LogP contribution is 2.59. The fourth-order valence-corrected chi connectivity index (χ4v) is 5.38. The summed E-state index contributed by atoms with van der Waals surface area (Å²) in [6.07, 6.45) is 3.68. The number of ketones is 1. The molecule has 3 rings (SSSR count). The van der Waals surface area contributed by atoms with Gasteiger partial charge in [-0.3, -0.25) is 9.59 Å². The van der Waals surface area contributed by atoms with Crippen LogP contribution in [0.2, 0.25) is 0 Å². The third-order valence-electron chi connectivity index (χ3n) is 5.20. The summed E-state index contributed by atoms with van der Waals surface area (Å²) in [6, 6.07) is 0. The number of Topliss-reactive ketones (excluding diaryl/α,β-unsaturated/α-hetero) is 1. The zero-order chi connectivity index (χ0) is 14.5. The van der Waals surface area contributed by atoms with Crippen molar-refractivity contribution >= 4 is 35.0 Å². The maximum atomic E-state index is 12.8. The van der Waals surface area contributed by atoms with E-state index in [1.54, 1.807) is 0 Å². The van der Waals surface area contributed by atoms with Crippen LogP contribution in [-0.4, -0.2) is 41.3 Å². The van der Waals surface area contributed by atoms with Crippen molar-refractivity contribution in [3.63, 3.8) is 0 Å². The highest BCUT2D eigenvalue weighted by molar-refractivity contribution is 6.41. The van der Waals surface area contributed by atoms with E-state index in [0.29, 0.717) is 19.4 Å². The lowest BCUT2D eigenvalue weighted by atomic mass is 9.62. The summed E-state index contributed by atoms with van der Waals surface area (Å²) in [5.41, 5.74) is -1.31. The van der Waals surface area contributed by atoms with Gasteiger partial charge in [0, 0.05) is 6.61 Å². The standard InChI is InChI=1S/C14H18Cl2O4/c1-19-12(18)14(16)9-5-2-4-8(9)10(15)11(17)13(14)6-3-7-20-13/h8-10H,2-7H2,1H3/t8-,9+,10+,13-,14-/m1/s1. The van der Waals surface area contributed by atoms with Crippen molar-refractivity contribution in [3.8, 4) is 0 Å². The van der Waals surface area contributed by atoms with Crippen LogP contribution in [0.5, 0.6) is 0 Å². The van der Waals surface area contributed by atoms with Crippen molar-refractivity contribution in [1.29, 1.82) is 0 Å². The van der Waals surface area contributed by atoms with Crippen LogP contribution in [0.25, 0.3) is 0 Å². The van der Waals surface area contributed by atoms with Gasteiger partial charge in [0.15, 0.2) is 16.3 Å². The number of fused-ring (bicyclic) bond motifs is 1. The Balaban J connectivity index is 2.14. The van der Waals surface area contributed by atoms with E-state index in [2.05, 4.69) is 0 Å². The molecule has 6 heteroatoms. The lowest BCUT2D eigenvalue weighted by Gasteiger charge is -2.51. The number of ether oxygens (including phenoxy) is 2. The lowest BCUT2D eigenvalue weighted by Crippen LogP contribution is -2.70. The van der Waals surface area contributed by atoms with Crippen molar-refractivity contribution in [3.05, 3.63) is 0 Å². The maximum absolute atomic E-state index is 12.8. The van der Waals surface area contributed by atoms with Crippen molar-refractivity contribution in [1.82, 2.24) is 0 Å². The number of alkyl halides is 2. The van der Waals surface area contributed by atoms with Crippen LogP contribution >= 0.6 is 23.2 Å². The molecule has 4 nitrogen and oxygen atoms in total. The minimum Gasteiger partial charge on any atom is -0.468 e. The molecular formula is C14H18Cl2O4. The highest BCUT2D eigenvalue weighted by atomic mass is 35.5. The zero-order valence-electron chi connectivity index (χ0n) is 11.4. The monoisotopic (exact) mass is 320 g/mol. The van der Waals surface area contributed by atoms with E-state index in [0.717, 1.165) is 19.3 Å². The van der Waals surface area contributed by atoms with Gasteiger partial charge in [-0.1, -0.05) is 6.42 Å². The van der Waals surface area contributed by atoms with E-state index in [-0.39, 0.29) is 17.6 Å². The Hall–Kier alpha value is -0.320. The Morgan fingerprint density at radius 1 is 1.40 bits per heavy atom. The molecule has 112 valence electrons. The van der Waals surface area contributed by atoms with E-state index in [4.69, 9.17) is 32.7 Å². The van der Waals surface area contributed by atoms with Crippen molar-refractivity contribution in [2.75, 3.05) is 13.7 Å². The minimum absolute atomic E-state index is 0.0596. The molecule has 5 atom stereocenters. The highest BCUT2D eigenvalue weighted by Gasteiger charge is 2.73. The molecule has 0 unspecified atom stereocenters. The van der Waals surface area contributed by atoms with Crippen molar-refractivity contribution < 1.29 is 19.1 Å². The average molecular weight is 321 g/mol. The number of hydrogen-bond donors (Lipinski definition) is 0. The number of esters is 1. The van der Waals surface area contributed by atoms with Gasteiger partial charge < -0.3 is 9.47 Å². The number of hydrogen-bond acceptors (Lipinski definition) is 4. The van der Waals surface area contributed by atoms with E-state index in [9.17, 15) is 9.59 Å². The molecule has 0 N–H and O–H groups in total. The first-order valence-corrected chi connectivity index (χ1v) is 7.90. The second kappa shape index (κ2) is 4.85. The molecule has 1 heterocycles. The quantitative estimate of drug-likeness (QED) is 0.549. The first-order chi connectivity index (χ1) is 9.49. The van der Waals surface area contributed by atoms with Crippen LogP contribution in [-0.2, 0) is 19.1 Å². The summed E-state index contributed by atoms with van der Waals surface area (Å²) in [6.45, 7) is 0.429. The van der Waals surface area contributed by atoms with Gasteiger partial charge in [-0.25, -0.2) is 0 Å². The van der Waals surface area contributed by atoms with Gasteiger partial charge >= 0.3 is 5.97 Å². The maximum Gasteiger partial charge on any atom is 0.330 e. The summed E-state index contributed by atoms with van der Waals surface area (Å²) >= 11 is 13.1. The first kappa shape index (κ1) is 14.6. The molecule has 1 saturated heterocycles. The normalized spacial score (nSPS) is 47.5. The van der Waals surface area contributed by atoms with Crippen molar-refractivity contribution in [2.24, 2.45) is 11.8 Å². The van der Waals surface area contributed by atoms with Crippen LogP contribution in [0, 0.1) is 11.8 Å². The van der Waals surface area contributed by atoms with Crippen LogP contribution in [0.15, 0.2) is 0 Å². The average Bonchev–Trinajstić information content (AvgIpc) is 3.12. The SMILES string of the molecule is COC(=O)[C@]1(Cl)[C@H]2CCC[C@H]2[C@H](Cl)C(=O)[C@]12CCCO2. The Kier molecular flexibility index (Phi) is 3.55. The van der Waals surface area contributed by atoms with Crippen LogP contribution in [0.4, 0.5) is 0 Å². The second-order valence-corrected chi connectivity index (χ2v) is 7.02. The number of carbonyl (C=O) groups excluding carboxylic acids is 2. The molecule has 20 heavy (non-hydrogen) atoms. The smallest absolute Gasteiger partial charge is 0.330 e. The first-order valence-electron chi connectivity index (χ1n) is 7.08. The van der Waals surface area contributed by atoms with Gasteiger partial charge in [-0.2, -0.15) is 0 Å². The van der Waals surface area contributed by atoms with Crippen LogP contribution in [0.3, 0.4) is 0 Å². The van der Waals surface area contributed by atoms with Crippen LogP contribution in [0.1, 0.15) is 32.1 Å². The predicted octanol–water partition coefficient (Wildman–Crippen LogP) is 2.29. The Labute approximate surface area is 128 Å². The molecule has 0 aromatic carbocycles. The topological polar surface area (TPSA) is 52.6 Å². The molecule has 0 bridgehead atoms. The van der Waals surface area contributed by atoms with Gasteiger partial charge in [0.25, 0.3) is 0 Å². The second-order valence-electron chi connectivity index (χ2n) is 5.95. The summed E-state index contributed by atoms with van der Waals surface area (Å²) < 4.78 is 10.7. The molecule has 2 aliphatic carbocycles. The van der Waals surface area contributed by atoms with E-state index >= 15 is 0 Å². The summed E-state index contributed by atoms with van der Waals surface area (Å²) in [5.74, 6) is -1.01. The Morgan fingerprint density at radius 2 is 2.15 bits per heavy atom. The summed E-state index contributed by atoms with van der Waals surface area (Å²) in [5, 5.41) is -0.614. The third kappa shape index (κ3) is 1.59. The minimum atomic E-state index is -1.43. The van der Waals surface area contributed by atoms with Gasteiger partial charge in [0.1, 0.15) is 0 Å². The summed E-state index contributed by atoms with van der Waals surface area (Å²) in [7, 11) is 1.30. The van der Waals surface area contributed by atoms with E-state index in [1.165, 1.54) is 7.11 Å². The number of methoxy groups -OCH3 is 1. The molecule has 0 aromatic heterocycles. The molecule has 0 radical (unpaired) electrons. The predicted molar refractivity (Wildman–Crippen MR) is 74.0 cm³/mol. The van der Waals surface area contributed by atoms with Gasteiger partial charge in [-0.05, 0) is 37.5 Å². The van der Waals surface area contributed by atoms with E-state index in [1.807, 2.05) is 0 Å². The Bertz CT molecular complexity index is 446. The molecule has 2 saturated carbocycles. The molecule has 3 fully saturated rings. The lowest BCUT2D eigenvalue weighted by molar-refractivity contribution is -0.172. The van der Waals surface area contributed by atoms with Gasteiger partial charge in [0.05, 0.1) is 12.5 Å². The van der Waals surface area contributed by atoms with Gasteiger partial charge in [-0.15, -0.1) is 23.2 Å². The molecule has 1 spiro atoms. The number of halogens is 2. The molecule has 0 aromatic rings. The number of rotatable bonds is 1. The fraction of sp³-hybridized carbons (Fsp3) is 0.857.